The molecule has 0 aromatic heterocycles. The molecule has 0 saturated heterocycles. The van der Waals surface area contributed by atoms with E-state index in [4.69, 9.17) is 4.74 Å². The zero-order chi connectivity index (χ0) is 16.4. The lowest BCUT2D eigenvalue weighted by Crippen LogP contribution is -2.22. The summed E-state index contributed by atoms with van der Waals surface area (Å²) in [7, 11) is 1.79. The molecule has 0 N–H and O–H groups in total. The minimum atomic E-state index is 0.493. The first kappa shape index (κ1) is 15.3. The molecule has 0 amide bonds. The average molecular weight is 316 g/mol. The molecule has 2 unspecified atom stereocenters. The third-order valence-corrected chi connectivity index (χ3v) is 5.57. The Morgan fingerprint density at radius 3 is 2.21 bits per heavy atom. The summed E-state index contributed by atoms with van der Waals surface area (Å²) < 4.78 is 5.52. The summed E-state index contributed by atoms with van der Waals surface area (Å²) in [6.07, 6.45) is 6.72. The molecule has 24 heavy (non-hydrogen) atoms. The van der Waals surface area contributed by atoms with Crippen LogP contribution in [0.2, 0.25) is 0 Å². The van der Waals surface area contributed by atoms with E-state index < -0.39 is 0 Å². The van der Waals surface area contributed by atoms with E-state index in [1.165, 1.54) is 24.0 Å². The Labute approximate surface area is 144 Å². The lowest BCUT2D eigenvalue weighted by Gasteiger charge is -2.38. The molecule has 2 aromatic carbocycles. The number of rotatable bonds is 3. The lowest BCUT2D eigenvalue weighted by molar-refractivity contribution is 0.276. The van der Waals surface area contributed by atoms with Gasteiger partial charge in [0, 0.05) is 12.3 Å². The van der Waals surface area contributed by atoms with Gasteiger partial charge in [-0.2, -0.15) is 0 Å². The largest absolute Gasteiger partial charge is 0.501 e. The molecule has 0 fully saturated rings. The van der Waals surface area contributed by atoms with E-state index in [0.29, 0.717) is 11.8 Å². The van der Waals surface area contributed by atoms with E-state index in [1.807, 2.05) is 0 Å². The maximum atomic E-state index is 5.52. The number of benzene rings is 2. The number of hydrogen-bond acceptors (Lipinski definition) is 1. The van der Waals surface area contributed by atoms with Gasteiger partial charge in [0.2, 0.25) is 0 Å². The standard InChI is InChI=1S/C23H24O/c1-24-20-13-15-22-19(16-20)12-14-21(17-8-4-2-5-9-17)23(22)18-10-6-3-7-11-18/h2-11,13,21,23H,12,14-16H2,1H3. The second kappa shape index (κ2) is 6.68. The van der Waals surface area contributed by atoms with E-state index in [2.05, 4.69) is 66.7 Å². The fourth-order valence-electron chi connectivity index (χ4n) is 4.41. The third-order valence-electron chi connectivity index (χ3n) is 5.57. The molecule has 0 aliphatic heterocycles. The molecule has 1 heteroatoms. The normalized spacial score (nSPS) is 23.5. The predicted molar refractivity (Wildman–Crippen MR) is 99.0 cm³/mol. The monoisotopic (exact) mass is 316 g/mol. The van der Waals surface area contributed by atoms with Gasteiger partial charge in [-0.15, -0.1) is 0 Å². The Morgan fingerprint density at radius 1 is 0.875 bits per heavy atom. The first-order valence-electron chi connectivity index (χ1n) is 8.90. The highest BCUT2D eigenvalue weighted by atomic mass is 16.5. The van der Waals surface area contributed by atoms with Crippen molar-refractivity contribution in [3.05, 3.63) is 94.8 Å². The van der Waals surface area contributed by atoms with Gasteiger partial charge in [0.1, 0.15) is 0 Å². The van der Waals surface area contributed by atoms with Crippen molar-refractivity contribution in [1.29, 1.82) is 0 Å². The van der Waals surface area contributed by atoms with Crippen LogP contribution in [-0.2, 0) is 4.74 Å². The van der Waals surface area contributed by atoms with E-state index in [9.17, 15) is 0 Å². The summed E-state index contributed by atoms with van der Waals surface area (Å²) in [4.78, 5) is 0. The zero-order valence-corrected chi connectivity index (χ0v) is 14.2. The van der Waals surface area contributed by atoms with Crippen LogP contribution in [0.25, 0.3) is 0 Å². The maximum absolute atomic E-state index is 5.52. The molecule has 2 atom stereocenters. The fourth-order valence-corrected chi connectivity index (χ4v) is 4.41. The number of hydrogen-bond donors (Lipinski definition) is 0. The SMILES string of the molecule is COC1=CCC2=C(CCC(c3ccccc3)C2c2ccccc2)C1. The molecule has 0 bridgehead atoms. The topological polar surface area (TPSA) is 9.23 Å². The van der Waals surface area contributed by atoms with Crippen LogP contribution in [0.4, 0.5) is 0 Å². The van der Waals surface area contributed by atoms with Gasteiger partial charge in [-0.05, 0) is 42.4 Å². The highest BCUT2D eigenvalue weighted by Gasteiger charge is 2.34. The Kier molecular flexibility index (Phi) is 4.25. The van der Waals surface area contributed by atoms with Gasteiger partial charge in [0.15, 0.2) is 0 Å². The highest BCUT2D eigenvalue weighted by Crippen LogP contribution is 2.50. The molecule has 4 rings (SSSR count). The number of allylic oxidation sites excluding steroid dienone is 3. The molecule has 122 valence electrons. The molecule has 2 aliphatic carbocycles. The van der Waals surface area contributed by atoms with Crippen molar-refractivity contribution in [2.24, 2.45) is 0 Å². The van der Waals surface area contributed by atoms with Crippen molar-refractivity contribution in [2.45, 2.75) is 37.5 Å². The van der Waals surface area contributed by atoms with Gasteiger partial charge in [-0.25, -0.2) is 0 Å². The Hall–Kier alpha value is -2.28. The van der Waals surface area contributed by atoms with Crippen LogP contribution in [0.3, 0.4) is 0 Å². The second-order valence-electron chi connectivity index (χ2n) is 6.83. The van der Waals surface area contributed by atoms with Crippen LogP contribution in [0.15, 0.2) is 83.6 Å². The van der Waals surface area contributed by atoms with Crippen LogP contribution in [0, 0.1) is 0 Å². The Morgan fingerprint density at radius 2 is 1.54 bits per heavy atom. The van der Waals surface area contributed by atoms with Crippen LogP contribution in [0.1, 0.15) is 48.6 Å². The van der Waals surface area contributed by atoms with E-state index >= 15 is 0 Å². The average Bonchev–Trinajstić information content (AvgIpc) is 2.68. The minimum Gasteiger partial charge on any atom is -0.501 e. The second-order valence-corrected chi connectivity index (χ2v) is 6.83. The van der Waals surface area contributed by atoms with Crippen molar-refractivity contribution in [2.75, 3.05) is 7.11 Å². The zero-order valence-electron chi connectivity index (χ0n) is 14.2. The fraction of sp³-hybridized carbons (Fsp3) is 0.304. The first-order valence-corrected chi connectivity index (χ1v) is 8.90. The van der Waals surface area contributed by atoms with Gasteiger partial charge < -0.3 is 4.74 Å². The van der Waals surface area contributed by atoms with Gasteiger partial charge in [-0.3, -0.25) is 0 Å². The Balaban J connectivity index is 1.77. The number of ether oxygens (including phenoxy) is 1. The third kappa shape index (κ3) is 2.80. The Bertz CT molecular complexity index is 755. The summed E-state index contributed by atoms with van der Waals surface area (Å²) in [6.45, 7) is 0. The summed E-state index contributed by atoms with van der Waals surface area (Å²) in [5.41, 5.74) is 6.16. The number of methoxy groups -OCH3 is 1. The van der Waals surface area contributed by atoms with Crippen molar-refractivity contribution in [3.63, 3.8) is 0 Å². The lowest BCUT2D eigenvalue weighted by atomic mass is 9.67. The quantitative estimate of drug-likeness (QED) is 0.634. The van der Waals surface area contributed by atoms with E-state index in [0.717, 1.165) is 18.6 Å². The summed E-state index contributed by atoms with van der Waals surface area (Å²) in [6, 6.07) is 22.1. The van der Waals surface area contributed by atoms with Gasteiger partial charge in [-0.1, -0.05) is 71.8 Å². The molecule has 1 nitrogen and oxygen atoms in total. The van der Waals surface area contributed by atoms with Crippen LogP contribution < -0.4 is 0 Å². The summed E-state index contributed by atoms with van der Waals surface area (Å²) >= 11 is 0. The highest BCUT2D eigenvalue weighted by molar-refractivity contribution is 5.43. The molecular formula is C23H24O. The molecule has 0 radical (unpaired) electrons. The molecular weight excluding hydrogens is 292 g/mol. The predicted octanol–water partition coefficient (Wildman–Crippen LogP) is 5.97. The van der Waals surface area contributed by atoms with Gasteiger partial charge in [0.05, 0.1) is 12.9 Å². The molecule has 2 aromatic rings. The van der Waals surface area contributed by atoms with Crippen molar-refractivity contribution >= 4 is 0 Å². The summed E-state index contributed by atoms with van der Waals surface area (Å²) in [5.74, 6) is 2.20. The van der Waals surface area contributed by atoms with Crippen molar-refractivity contribution in [1.82, 2.24) is 0 Å². The van der Waals surface area contributed by atoms with Crippen LogP contribution in [-0.4, -0.2) is 7.11 Å². The maximum Gasteiger partial charge on any atom is 0.0959 e. The van der Waals surface area contributed by atoms with Crippen molar-refractivity contribution in [3.8, 4) is 0 Å². The van der Waals surface area contributed by atoms with Crippen LogP contribution in [0.5, 0.6) is 0 Å². The van der Waals surface area contributed by atoms with E-state index in [-0.39, 0.29) is 0 Å². The van der Waals surface area contributed by atoms with Gasteiger partial charge in [0.25, 0.3) is 0 Å². The van der Waals surface area contributed by atoms with Crippen molar-refractivity contribution < 1.29 is 4.74 Å². The molecule has 0 spiro atoms. The van der Waals surface area contributed by atoms with Crippen LogP contribution >= 0.6 is 0 Å². The molecule has 0 heterocycles. The minimum absolute atomic E-state index is 0.493. The molecule has 0 saturated carbocycles. The summed E-state index contributed by atoms with van der Waals surface area (Å²) in [5, 5.41) is 0. The first-order chi connectivity index (χ1) is 11.9. The smallest absolute Gasteiger partial charge is 0.0959 e. The van der Waals surface area contributed by atoms with E-state index in [1.54, 1.807) is 18.3 Å². The molecule has 2 aliphatic rings. The van der Waals surface area contributed by atoms with Gasteiger partial charge >= 0.3 is 0 Å².